The van der Waals surface area contributed by atoms with Crippen LogP contribution in [0.1, 0.15) is 87.8 Å². The zero-order valence-electron chi connectivity index (χ0n) is 21.2. The first-order valence-electron chi connectivity index (χ1n) is 13.3. The van der Waals surface area contributed by atoms with E-state index < -0.39 is 0 Å². The number of nitrogens with zero attached hydrogens (tertiary/aromatic N) is 5. The zero-order valence-corrected chi connectivity index (χ0v) is 21.2. The highest BCUT2D eigenvalue weighted by Crippen LogP contribution is 2.34. The normalized spacial score (nSPS) is 20.3. The lowest BCUT2D eigenvalue weighted by atomic mass is 9.94. The van der Waals surface area contributed by atoms with Gasteiger partial charge in [-0.2, -0.15) is 0 Å². The van der Waals surface area contributed by atoms with Crippen LogP contribution in [-0.2, 0) is 11.3 Å². The molecule has 35 heavy (non-hydrogen) atoms. The largest absolute Gasteiger partial charge is 0.377 e. The van der Waals surface area contributed by atoms with Crippen LogP contribution in [0.2, 0.25) is 0 Å². The van der Waals surface area contributed by atoms with Crippen molar-refractivity contribution in [1.82, 2.24) is 30.1 Å². The first-order chi connectivity index (χ1) is 17.0. The Labute approximate surface area is 207 Å². The first kappa shape index (κ1) is 24.1. The molecule has 188 valence electrons. The zero-order chi connectivity index (χ0) is 24.4. The third kappa shape index (κ3) is 5.33. The van der Waals surface area contributed by atoms with Crippen molar-refractivity contribution in [1.29, 1.82) is 0 Å². The highest BCUT2D eigenvalue weighted by molar-refractivity contribution is 5.79. The molecular weight excluding hydrogens is 440 g/mol. The van der Waals surface area contributed by atoms with Crippen LogP contribution in [0.15, 0.2) is 29.1 Å². The maximum Gasteiger partial charge on any atom is 0.252 e. The van der Waals surface area contributed by atoms with Crippen molar-refractivity contribution in [2.24, 2.45) is 5.92 Å². The van der Waals surface area contributed by atoms with E-state index in [0.717, 1.165) is 66.7 Å². The van der Waals surface area contributed by atoms with Crippen molar-refractivity contribution < 1.29 is 4.74 Å². The van der Waals surface area contributed by atoms with Crippen LogP contribution in [0.5, 0.6) is 0 Å². The van der Waals surface area contributed by atoms with E-state index in [1.165, 1.54) is 19.3 Å². The van der Waals surface area contributed by atoms with Gasteiger partial charge in [-0.05, 0) is 72.0 Å². The molecule has 2 aromatic heterocycles. The van der Waals surface area contributed by atoms with Gasteiger partial charge in [0, 0.05) is 30.8 Å². The Hall–Kier alpha value is -2.58. The molecule has 1 saturated carbocycles. The second kappa shape index (κ2) is 10.6. The number of tetrazole rings is 1. The third-order valence-corrected chi connectivity index (χ3v) is 7.64. The van der Waals surface area contributed by atoms with E-state index in [9.17, 15) is 4.79 Å². The van der Waals surface area contributed by atoms with Gasteiger partial charge in [-0.3, -0.25) is 9.69 Å². The highest BCUT2D eigenvalue weighted by Gasteiger charge is 2.34. The molecule has 8 nitrogen and oxygen atoms in total. The van der Waals surface area contributed by atoms with Crippen LogP contribution in [-0.4, -0.2) is 49.3 Å². The molecule has 1 aliphatic heterocycles. The maximum atomic E-state index is 13.2. The Morgan fingerprint density at radius 2 is 1.97 bits per heavy atom. The Morgan fingerprint density at radius 1 is 1.14 bits per heavy atom. The smallest absolute Gasteiger partial charge is 0.252 e. The standard InChI is InChI=1S/C27H38N6O2/c1-18(2)25(26-29-30-31-33(26)22-8-5-4-6-9-22)32(17-23-10-7-13-35-23)16-21-15-20-12-11-19(3)14-24(20)28-27(21)34/h11-12,14-15,18,22-23,25H,4-10,13,16-17H2,1-3H3,(H,28,34)/t23-,25+/m0/s1. The molecule has 8 heteroatoms. The minimum atomic E-state index is -0.0326. The van der Waals surface area contributed by atoms with E-state index in [1.54, 1.807) is 0 Å². The fourth-order valence-corrected chi connectivity index (χ4v) is 5.89. The second-order valence-corrected chi connectivity index (χ2v) is 10.7. The van der Waals surface area contributed by atoms with E-state index >= 15 is 0 Å². The highest BCUT2D eigenvalue weighted by atomic mass is 16.5. The predicted octanol–water partition coefficient (Wildman–Crippen LogP) is 4.71. The van der Waals surface area contributed by atoms with Gasteiger partial charge in [-0.15, -0.1) is 5.10 Å². The number of fused-ring (bicyclic) bond motifs is 1. The molecule has 0 unspecified atom stereocenters. The fourth-order valence-electron chi connectivity index (χ4n) is 5.89. The molecule has 1 saturated heterocycles. The van der Waals surface area contributed by atoms with Crippen LogP contribution in [0.3, 0.4) is 0 Å². The number of aromatic nitrogens is 5. The molecule has 0 radical (unpaired) electrons. The summed E-state index contributed by atoms with van der Waals surface area (Å²) in [5.41, 5.74) is 2.75. The quantitative estimate of drug-likeness (QED) is 0.505. The topological polar surface area (TPSA) is 88.9 Å². The summed E-state index contributed by atoms with van der Waals surface area (Å²) >= 11 is 0. The summed E-state index contributed by atoms with van der Waals surface area (Å²) in [7, 11) is 0. The van der Waals surface area contributed by atoms with Crippen LogP contribution in [0.25, 0.3) is 10.9 Å². The average molecular weight is 479 g/mol. The molecule has 2 aliphatic rings. The van der Waals surface area contributed by atoms with Gasteiger partial charge in [0.05, 0.1) is 18.2 Å². The number of benzene rings is 1. The van der Waals surface area contributed by atoms with Gasteiger partial charge in [0.1, 0.15) is 0 Å². The summed E-state index contributed by atoms with van der Waals surface area (Å²) in [6.07, 6.45) is 8.28. The van der Waals surface area contributed by atoms with E-state index in [1.807, 2.05) is 19.1 Å². The van der Waals surface area contributed by atoms with Crippen molar-refractivity contribution in [3.05, 3.63) is 51.6 Å². The SMILES string of the molecule is Cc1ccc2cc(CN(C[C@@H]3CCCO3)[C@@H](c3nnnn3C3CCCCC3)C(C)C)c(=O)[nH]c2c1. The number of hydrogen-bond donors (Lipinski definition) is 1. The lowest BCUT2D eigenvalue weighted by Crippen LogP contribution is -2.40. The van der Waals surface area contributed by atoms with Gasteiger partial charge < -0.3 is 9.72 Å². The van der Waals surface area contributed by atoms with Gasteiger partial charge in [0.15, 0.2) is 5.82 Å². The number of pyridine rings is 1. The minimum absolute atomic E-state index is 0.00996. The van der Waals surface area contributed by atoms with Gasteiger partial charge in [-0.1, -0.05) is 45.2 Å². The first-order valence-corrected chi connectivity index (χ1v) is 13.3. The molecule has 0 spiro atoms. The van der Waals surface area contributed by atoms with E-state index in [2.05, 4.69) is 56.1 Å². The van der Waals surface area contributed by atoms with Crippen LogP contribution in [0.4, 0.5) is 0 Å². The number of aryl methyl sites for hydroxylation is 1. The lowest BCUT2D eigenvalue weighted by Gasteiger charge is -2.36. The molecule has 3 heterocycles. The summed E-state index contributed by atoms with van der Waals surface area (Å²) in [6, 6.07) is 8.58. The van der Waals surface area contributed by atoms with Crippen molar-refractivity contribution in [3.63, 3.8) is 0 Å². The Bertz CT molecular complexity index is 1190. The van der Waals surface area contributed by atoms with Gasteiger partial charge >= 0.3 is 0 Å². The van der Waals surface area contributed by atoms with Crippen molar-refractivity contribution >= 4 is 10.9 Å². The Kier molecular flexibility index (Phi) is 7.29. The summed E-state index contributed by atoms with van der Waals surface area (Å²) in [6.45, 7) is 8.57. The van der Waals surface area contributed by atoms with Crippen LogP contribution in [0, 0.1) is 12.8 Å². The predicted molar refractivity (Wildman–Crippen MR) is 136 cm³/mol. The Morgan fingerprint density at radius 3 is 2.71 bits per heavy atom. The Balaban J connectivity index is 1.51. The summed E-state index contributed by atoms with van der Waals surface area (Å²) in [4.78, 5) is 18.6. The molecule has 0 bridgehead atoms. The molecule has 2 fully saturated rings. The van der Waals surface area contributed by atoms with Gasteiger partial charge in [0.25, 0.3) is 5.56 Å². The number of nitrogens with one attached hydrogen (secondary N) is 1. The molecule has 5 rings (SSSR count). The van der Waals surface area contributed by atoms with E-state index in [4.69, 9.17) is 4.74 Å². The molecule has 1 aliphatic carbocycles. The number of rotatable bonds is 8. The van der Waals surface area contributed by atoms with Crippen molar-refractivity contribution in [2.45, 2.75) is 90.4 Å². The lowest BCUT2D eigenvalue weighted by molar-refractivity contribution is 0.0375. The van der Waals surface area contributed by atoms with Crippen LogP contribution < -0.4 is 5.56 Å². The molecule has 3 aromatic rings. The monoisotopic (exact) mass is 478 g/mol. The van der Waals surface area contributed by atoms with E-state index in [0.29, 0.717) is 12.6 Å². The van der Waals surface area contributed by atoms with Crippen molar-refractivity contribution in [3.8, 4) is 0 Å². The van der Waals surface area contributed by atoms with E-state index in [-0.39, 0.29) is 23.6 Å². The summed E-state index contributed by atoms with van der Waals surface area (Å²) < 4.78 is 8.13. The summed E-state index contributed by atoms with van der Waals surface area (Å²) in [5, 5.41) is 14.2. The fraction of sp³-hybridized carbons (Fsp3) is 0.630. The van der Waals surface area contributed by atoms with Crippen molar-refractivity contribution in [2.75, 3.05) is 13.2 Å². The second-order valence-electron chi connectivity index (χ2n) is 10.7. The number of aromatic amines is 1. The maximum absolute atomic E-state index is 13.2. The number of hydrogen-bond acceptors (Lipinski definition) is 6. The molecular formula is C27H38N6O2. The van der Waals surface area contributed by atoms with Gasteiger partial charge in [-0.25, -0.2) is 4.68 Å². The van der Waals surface area contributed by atoms with Crippen LogP contribution >= 0.6 is 0 Å². The average Bonchev–Trinajstić information content (AvgIpc) is 3.53. The molecule has 1 aromatic carbocycles. The molecule has 2 atom stereocenters. The summed E-state index contributed by atoms with van der Waals surface area (Å²) in [5.74, 6) is 1.18. The third-order valence-electron chi connectivity index (χ3n) is 7.64. The molecule has 1 N–H and O–H groups in total. The minimum Gasteiger partial charge on any atom is -0.377 e. The number of H-pyrrole nitrogens is 1. The number of ether oxygens (including phenoxy) is 1. The molecule has 0 amide bonds. The van der Waals surface area contributed by atoms with Gasteiger partial charge in [0.2, 0.25) is 0 Å².